The minimum atomic E-state index is -0.935. The van der Waals surface area contributed by atoms with Gasteiger partial charge in [0, 0.05) is 17.8 Å². The van der Waals surface area contributed by atoms with Gasteiger partial charge in [-0.3, -0.25) is 0 Å². The standard InChI is InChI=1S/C16H23NO2/c1-11(2)17-14-10-13(16(3,4)5)8-6-12(14)7-9-15(18)19/h6-11,17H,1-5H3,(H,18,19)/b9-7+. The average Bonchev–Trinajstić information content (AvgIpc) is 2.25. The van der Waals surface area contributed by atoms with E-state index in [9.17, 15) is 4.79 Å². The fourth-order valence-corrected chi connectivity index (χ4v) is 1.77. The summed E-state index contributed by atoms with van der Waals surface area (Å²) in [4.78, 5) is 10.6. The van der Waals surface area contributed by atoms with Gasteiger partial charge in [-0.05, 0) is 42.5 Å². The minimum Gasteiger partial charge on any atom is -0.478 e. The van der Waals surface area contributed by atoms with Crippen LogP contribution in [0.3, 0.4) is 0 Å². The van der Waals surface area contributed by atoms with Crippen LogP contribution < -0.4 is 5.32 Å². The summed E-state index contributed by atoms with van der Waals surface area (Å²) < 4.78 is 0. The zero-order valence-corrected chi connectivity index (χ0v) is 12.3. The van der Waals surface area contributed by atoms with Crippen LogP contribution in [0, 0.1) is 0 Å². The third-order valence-corrected chi connectivity index (χ3v) is 2.77. The van der Waals surface area contributed by atoms with E-state index in [1.54, 1.807) is 6.08 Å². The molecule has 19 heavy (non-hydrogen) atoms. The SMILES string of the molecule is CC(C)Nc1cc(C(C)(C)C)ccc1/C=C/C(=O)O. The Morgan fingerprint density at radius 3 is 2.42 bits per heavy atom. The molecule has 2 N–H and O–H groups in total. The molecule has 0 unspecified atom stereocenters. The predicted molar refractivity (Wildman–Crippen MR) is 80.6 cm³/mol. The van der Waals surface area contributed by atoms with Gasteiger partial charge < -0.3 is 10.4 Å². The molecule has 0 aliphatic heterocycles. The smallest absolute Gasteiger partial charge is 0.328 e. The maximum absolute atomic E-state index is 10.6. The molecule has 0 radical (unpaired) electrons. The van der Waals surface area contributed by atoms with Crippen molar-refractivity contribution < 1.29 is 9.90 Å². The number of carboxylic acid groups (broad SMARTS) is 1. The molecule has 3 nitrogen and oxygen atoms in total. The highest BCUT2D eigenvalue weighted by Crippen LogP contribution is 2.28. The summed E-state index contributed by atoms with van der Waals surface area (Å²) in [7, 11) is 0. The van der Waals surface area contributed by atoms with E-state index < -0.39 is 5.97 Å². The van der Waals surface area contributed by atoms with Crippen LogP contribution in [0.15, 0.2) is 24.3 Å². The van der Waals surface area contributed by atoms with Gasteiger partial charge in [-0.15, -0.1) is 0 Å². The summed E-state index contributed by atoms with van der Waals surface area (Å²) in [5.74, 6) is -0.935. The van der Waals surface area contributed by atoms with Crippen LogP contribution in [0.5, 0.6) is 0 Å². The Hall–Kier alpha value is -1.77. The van der Waals surface area contributed by atoms with E-state index in [-0.39, 0.29) is 5.41 Å². The van der Waals surface area contributed by atoms with Crippen LogP contribution in [-0.2, 0) is 10.2 Å². The van der Waals surface area contributed by atoms with Crippen LogP contribution in [0.25, 0.3) is 6.08 Å². The van der Waals surface area contributed by atoms with Crippen LogP contribution in [0.1, 0.15) is 45.7 Å². The van der Waals surface area contributed by atoms with E-state index in [1.165, 1.54) is 5.56 Å². The molecule has 0 aliphatic carbocycles. The third kappa shape index (κ3) is 4.78. The van der Waals surface area contributed by atoms with Crippen molar-refractivity contribution in [3.63, 3.8) is 0 Å². The number of aliphatic carboxylic acids is 1. The lowest BCUT2D eigenvalue weighted by Crippen LogP contribution is -2.15. The number of hydrogen-bond donors (Lipinski definition) is 2. The van der Waals surface area contributed by atoms with E-state index in [0.29, 0.717) is 6.04 Å². The van der Waals surface area contributed by atoms with Gasteiger partial charge in [-0.1, -0.05) is 32.9 Å². The van der Waals surface area contributed by atoms with Gasteiger partial charge in [0.1, 0.15) is 0 Å². The molecule has 0 spiro atoms. The number of carboxylic acids is 1. The minimum absolute atomic E-state index is 0.0719. The first-order chi connectivity index (χ1) is 8.70. The van der Waals surface area contributed by atoms with Gasteiger partial charge in [-0.2, -0.15) is 0 Å². The Bertz CT molecular complexity index is 482. The summed E-state index contributed by atoms with van der Waals surface area (Å²) in [6, 6.07) is 6.41. The predicted octanol–water partition coefficient (Wildman–Crippen LogP) is 3.90. The van der Waals surface area contributed by atoms with Crippen molar-refractivity contribution in [2.45, 2.75) is 46.1 Å². The second-order valence-electron chi connectivity index (χ2n) is 6.02. The maximum Gasteiger partial charge on any atom is 0.328 e. The number of rotatable bonds is 4. The first-order valence-electron chi connectivity index (χ1n) is 6.52. The fourth-order valence-electron chi connectivity index (χ4n) is 1.77. The molecule has 1 aromatic rings. The normalized spacial score (nSPS) is 12.1. The molecule has 0 saturated carbocycles. The highest BCUT2D eigenvalue weighted by molar-refractivity contribution is 5.87. The Kier molecular flexibility index (Phi) is 4.76. The van der Waals surface area contributed by atoms with Crippen molar-refractivity contribution in [2.75, 3.05) is 5.32 Å². The molecule has 0 aliphatic rings. The summed E-state index contributed by atoms with van der Waals surface area (Å²) >= 11 is 0. The lowest BCUT2D eigenvalue weighted by atomic mass is 9.86. The quantitative estimate of drug-likeness (QED) is 0.808. The summed E-state index contributed by atoms with van der Waals surface area (Å²) in [6.45, 7) is 10.6. The Balaban J connectivity index is 3.20. The summed E-state index contributed by atoms with van der Waals surface area (Å²) in [6.07, 6.45) is 2.79. The Morgan fingerprint density at radius 2 is 1.95 bits per heavy atom. The van der Waals surface area contributed by atoms with Gasteiger partial charge in [0.25, 0.3) is 0 Å². The third-order valence-electron chi connectivity index (χ3n) is 2.77. The number of benzene rings is 1. The second kappa shape index (κ2) is 5.91. The van der Waals surface area contributed by atoms with Gasteiger partial charge in [0.05, 0.1) is 0 Å². The Labute approximate surface area is 115 Å². The fraction of sp³-hybridized carbons (Fsp3) is 0.438. The first-order valence-corrected chi connectivity index (χ1v) is 6.52. The molecular formula is C16H23NO2. The largest absolute Gasteiger partial charge is 0.478 e. The van der Waals surface area contributed by atoms with Crippen LogP contribution in [0.2, 0.25) is 0 Å². The monoisotopic (exact) mass is 261 g/mol. The molecule has 1 rings (SSSR count). The average molecular weight is 261 g/mol. The lowest BCUT2D eigenvalue weighted by Gasteiger charge is -2.22. The molecule has 0 heterocycles. The topological polar surface area (TPSA) is 49.3 Å². The molecule has 0 bridgehead atoms. The van der Waals surface area contributed by atoms with Gasteiger partial charge in [0.2, 0.25) is 0 Å². The highest BCUT2D eigenvalue weighted by atomic mass is 16.4. The van der Waals surface area contributed by atoms with E-state index in [0.717, 1.165) is 17.3 Å². The number of carbonyl (C=O) groups is 1. The second-order valence-corrected chi connectivity index (χ2v) is 6.02. The highest BCUT2D eigenvalue weighted by Gasteiger charge is 2.15. The molecule has 0 amide bonds. The van der Waals surface area contributed by atoms with Crippen LogP contribution >= 0.6 is 0 Å². The van der Waals surface area contributed by atoms with Crippen molar-refractivity contribution >= 4 is 17.7 Å². The van der Waals surface area contributed by atoms with Crippen molar-refractivity contribution in [1.82, 2.24) is 0 Å². The van der Waals surface area contributed by atoms with Gasteiger partial charge >= 0.3 is 5.97 Å². The molecule has 0 atom stereocenters. The van der Waals surface area contributed by atoms with Gasteiger partial charge in [-0.25, -0.2) is 4.79 Å². The Morgan fingerprint density at radius 1 is 1.32 bits per heavy atom. The molecule has 3 heteroatoms. The van der Waals surface area contributed by atoms with Gasteiger partial charge in [0.15, 0.2) is 0 Å². The molecule has 1 aromatic carbocycles. The number of nitrogens with one attached hydrogen (secondary N) is 1. The molecule has 0 fully saturated rings. The van der Waals surface area contributed by atoms with Crippen molar-refractivity contribution in [3.8, 4) is 0 Å². The first kappa shape index (κ1) is 15.3. The molecule has 0 saturated heterocycles. The summed E-state index contributed by atoms with van der Waals surface area (Å²) in [5, 5.41) is 12.1. The zero-order valence-electron chi connectivity index (χ0n) is 12.3. The summed E-state index contributed by atoms with van der Waals surface area (Å²) in [5.41, 5.74) is 3.16. The van der Waals surface area contributed by atoms with E-state index in [1.807, 2.05) is 12.1 Å². The number of hydrogen-bond acceptors (Lipinski definition) is 2. The van der Waals surface area contributed by atoms with Crippen LogP contribution in [0.4, 0.5) is 5.69 Å². The number of anilines is 1. The molecule has 104 valence electrons. The maximum atomic E-state index is 10.6. The van der Waals surface area contributed by atoms with E-state index in [4.69, 9.17) is 5.11 Å². The molecular weight excluding hydrogens is 238 g/mol. The lowest BCUT2D eigenvalue weighted by molar-refractivity contribution is -0.131. The van der Waals surface area contributed by atoms with Crippen molar-refractivity contribution in [1.29, 1.82) is 0 Å². The molecule has 0 aromatic heterocycles. The van der Waals surface area contributed by atoms with Crippen molar-refractivity contribution in [3.05, 3.63) is 35.4 Å². The van der Waals surface area contributed by atoms with Crippen molar-refractivity contribution in [2.24, 2.45) is 0 Å². The van der Waals surface area contributed by atoms with E-state index in [2.05, 4.69) is 46.0 Å². The zero-order chi connectivity index (χ0) is 14.6. The van der Waals surface area contributed by atoms with E-state index >= 15 is 0 Å². The van der Waals surface area contributed by atoms with Crippen LogP contribution in [-0.4, -0.2) is 17.1 Å².